The second kappa shape index (κ2) is 3.59. The van der Waals surface area contributed by atoms with Gasteiger partial charge in [0.25, 0.3) is 0 Å². The number of carbonyl (C=O) groups excluding carboxylic acids is 1. The Labute approximate surface area is 63.0 Å². The van der Waals surface area contributed by atoms with Gasteiger partial charge in [-0.15, -0.1) is 0 Å². The number of amides is 1. The molecule has 0 aliphatic carbocycles. The summed E-state index contributed by atoms with van der Waals surface area (Å²) in [6.45, 7) is 7.96. The van der Waals surface area contributed by atoms with Crippen molar-refractivity contribution in [3.63, 3.8) is 0 Å². The van der Waals surface area contributed by atoms with Gasteiger partial charge in [-0.3, -0.25) is 4.79 Å². The fraction of sp³-hybridized carbons (Fsp3) is 0.875. The number of carbonyl (C=O) groups is 1. The summed E-state index contributed by atoms with van der Waals surface area (Å²) in [7, 11) is 0. The number of hydrogen-bond acceptors (Lipinski definition) is 1. The third-order valence-electron chi connectivity index (χ3n) is 0.991. The first kappa shape index (κ1) is 9.47. The average Bonchev–Trinajstić information content (AvgIpc) is 1.59. The van der Waals surface area contributed by atoms with Crippen LogP contribution in [-0.4, -0.2) is 11.4 Å². The van der Waals surface area contributed by atoms with Crippen molar-refractivity contribution >= 4 is 5.91 Å². The van der Waals surface area contributed by atoms with Crippen molar-refractivity contribution in [2.75, 3.05) is 0 Å². The molecule has 0 aromatic heterocycles. The molecule has 0 rings (SSSR count). The van der Waals surface area contributed by atoms with Gasteiger partial charge in [-0.2, -0.15) is 0 Å². The van der Waals surface area contributed by atoms with Gasteiger partial charge in [0.1, 0.15) is 0 Å². The molecule has 0 fully saturated rings. The second-order valence-electron chi connectivity index (χ2n) is 3.55. The largest absolute Gasteiger partial charge is 0.352 e. The fourth-order valence-electron chi connectivity index (χ4n) is 0.708. The molecule has 0 unspecified atom stereocenters. The standard InChI is InChI=1S/C8H17NO/c1-5-6-7(10)9-8(2,3)4/h5-6H2,1-4H3,(H,9,10). The van der Waals surface area contributed by atoms with E-state index in [4.69, 9.17) is 0 Å². The SMILES string of the molecule is CCCC(=O)NC(C)(C)C. The summed E-state index contributed by atoms with van der Waals surface area (Å²) >= 11 is 0. The Morgan fingerprint density at radius 1 is 1.40 bits per heavy atom. The molecule has 0 radical (unpaired) electrons. The molecule has 0 aromatic carbocycles. The lowest BCUT2D eigenvalue weighted by Crippen LogP contribution is -2.40. The number of nitrogens with one attached hydrogen (secondary N) is 1. The zero-order chi connectivity index (χ0) is 8.20. The van der Waals surface area contributed by atoms with Crippen molar-refractivity contribution in [3.8, 4) is 0 Å². The van der Waals surface area contributed by atoms with E-state index in [2.05, 4.69) is 5.32 Å². The van der Waals surface area contributed by atoms with Crippen molar-refractivity contribution in [3.05, 3.63) is 0 Å². The van der Waals surface area contributed by atoms with Crippen LogP contribution in [-0.2, 0) is 4.79 Å². The summed E-state index contributed by atoms with van der Waals surface area (Å²) in [4.78, 5) is 10.9. The van der Waals surface area contributed by atoms with Crippen molar-refractivity contribution in [2.45, 2.75) is 46.1 Å². The molecule has 0 heterocycles. The molecule has 0 spiro atoms. The summed E-state index contributed by atoms with van der Waals surface area (Å²) in [6, 6.07) is 0. The molecule has 0 saturated carbocycles. The molecule has 1 N–H and O–H groups in total. The minimum atomic E-state index is -0.0771. The first-order chi connectivity index (χ1) is 4.45. The lowest BCUT2D eigenvalue weighted by molar-refractivity contribution is -0.122. The Morgan fingerprint density at radius 3 is 2.20 bits per heavy atom. The number of hydrogen-bond donors (Lipinski definition) is 1. The van der Waals surface area contributed by atoms with Crippen LogP contribution in [0.5, 0.6) is 0 Å². The highest BCUT2D eigenvalue weighted by molar-refractivity contribution is 5.76. The molecule has 10 heavy (non-hydrogen) atoms. The summed E-state index contributed by atoms with van der Waals surface area (Å²) in [5.74, 6) is 0.148. The van der Waals surface area contributed by atoms with E-state index in [1.165, 1.54) is 0 Å². The van der Waals surface area contributed by atoms with E-state index in [0.717, 1.165) is 6.42 Å². The summed E-state index contributed by atoms with van der Waals surface area (Å²) < 4.78 is 0. The van der Waals surface area contributed by atoms with Crippen LogP contribution in [0.2, 0.25) is 0 Å². The fourth-order valence-corrected chi connectivity index (χ4v) is 0.708. The molecule has 0 aromatic rings. The van der Waals surface area contributed by atoms with Crippen molar-refractivity contribution in [1.82, 2.24) is 5.32 Å². The molecule has 0 atom stereocenters. The molecule has 0 aliphatic rings. The van der Waals surface area contributed by atoms with E-state index in [0.29, 0.717) is 6.42 Å². The van der Waals surface area contributed by atoms with Gasteiger partial charge in [-0.05, 0) is 27.2 Å². The summed E-state index contributed by atoms with van der Waals surface area (Å²) in [5, 5.41) is 2.88. The minimum absolute atomic E-state index is 0.0771. The van der Waals surface area contributed by atoms with Crippen molar-refractivity contribution in [2.24, 2.45) is 0 Å². The van der Waals surface area contributed by atoms with Crippen LogP contribution < -0.4 is 5.32 Å². The van der Waals surface area contributed by atoms with E-state index in [9.17, 15) is 4.79 Å². The molecule has 0 saturated heterocycles. The van der Waals surface area contributed by atoms with Crippen LogP contribution >= 0.6 is 0 Å². The predicted octanol–water partition coefficient (Wildman–Crippen LogP) is 1.70. The van der Waals surface area contributed by atoms with Gasteiger partial charge >= 0.3 is 0 Å². The average molecular weight is 143 g/mol. The van der Waals surface area contributed by atoms with Gasteiger partial charge in [-0.1, -0.05) is 6.92 Å². The van der Waals surface area contributed by atoms with Crippen LogP contribution in [0.3, 0.4) is 0 Å². The van der Waals surface area contributed by atoms with E-state index < -0.39 is 0 Å². The maximum Gasteiger partial charge on any atom is 0.220 e. The first-order valence-electron chi connectivity index (χ1n) is 3.76. The van der Waals surface area contributed by atoms with Crippen LogP contribution in [0.25, 0.3) is 0 Å². The molecule has 2 heteroatoms. The Kier molecular flexibility index (Phi) is 3.40. The first-order valence-corrected chi connectivity index (χ1v) is 3.76. The lowest BCUT2D eigenvalue weighted by atomic mass is 10.1. The highest BCUT2D eigenvalue weighted by Crippen LogP contribution is 1.99. The van der Waals surface area contributed by atoms with E-state index in [-0.39, 0.29) is 11.4 Å². The van der Waals surface area contributed by atoms with Crippen molar-refractivity contribution < 1.29 is 4.79 Å². The Bertz CT molecular complexity index is 113. The Hall–Kier alpha value is -0.530. The van der Waals surface area contributed by atoms with Crippen molar-refractivity contribution in [1.29, 1.82) is 0 Å². The van der Waals surface area contributed by atoms with E-state index in [1.54, 1.807) is 0 Å². The molecular weight excluding hydrogens is 126 g/mol. The molecule has 0 bridgehead atoms. The highest BCUT2D eigenvalue weighted by atomic mass is 16.1. The maximum atomic E-state index is 10.9. The normalized spacial score (nSPS) is 11.2. The third-order valence-corrected chi connectivity index (χ3v) is 0.991. The molecular formula is C8H17NO. The van der Waals surface area contributed by atoms with Gasteiger partial charge in [-0.25, -0.2) is 0 Å². The quantitative estimate of drug-likeness (QED) is 0.626. The van der Waals surface area contributed by atoms with Crippen LogP contribution in [0.15, 0.2) is 0 Å². The van der Waals surface area contributed by atoms with Gasteiger partial charge in [0.05, 0.1) is 0 Å². The lowest BCUT2D eigenvalue weighted by Gasteiger charge is -2.20. The summed E-state index contributed by atoms with van der Waals surface area (Å²) in [5.41, 5.74) is -0.0771. The molecule has 1 amide bonds. The van der Waals surface area contributed by atoms with Gasteiger partial charge in [0, 0.05) is 12.0 Å². The van der Waals surface area contributed by atoms with E-state index >= 15 is 0 Å². The number of rotatable bonds is 2. The molecule has 0 aliphatic heterocycles. The highest BCUT2D eigenvalue weighted by Gasteiger charge is 2.11. The zero-order valence-corrected chi connectivity index (χ0v) is 7.32. The van der Waals surface area contributed by atoms with E-state index in [1.807, 2.05) is 27.7 Å². The van der Waals surface area contributed by atoms with Gasteiger partial charge < -0.3 is 5.32 Å². The van der Waals surface area contributed by atoms with Gasteiger partial charge in [0.2, 0.25) is 5.91 Å². The Morgan fingerprint density at radius 2 is 1.90 bits per heavy atom. The maximum absolute atomic E-state index is 10.9. The smallest absolute Gasteiger partial charge is 0.220 e. The van der Waals surface area contributed by atoms with Gasteiger partial charge in [0.15, 0.2) is 0 Å². The monoisotopic (exact) mass is 143 g/mol. The second-order valence-corrected chi connectivity index (χ2v) is 3.55. The molecule has 60 valence electrons. The Balaban J connectivity index is 3.58. The van der Waals surface area contributed by atoms with Crippen LogP contribution in [0.4, 0.5) is 0 Å². The van der Waals surface area contributed by atoms with Crippen LogP contribution in [0, 0.1) is 0 Å². The third kappa shape index (κ3) is 5.60. The topological polar surface area (TPSA) is 29.1 Å². The van der Waals surface area contributed by atoms with Crippen LogP contribution in [0.1, 0.15) is 40.5 Å². The zero-order valence-electron chi connectivity index (χ0n) is 7.32. The minimum Gasteiger partial charge on any atom is -0.352 e. The predicted molar refractivity (Wildman–Crippen MR) is 42.8 cm³/mol. The summed E-state index contributed by atoms with van der Waals surface area (Å²) in [6.07, 6.45) is 1.55. The molecule has 2 nitrogen and oxygen atoms in total.